The number of hydrogen-bond donors (Lipinski definition) is 0. The first-order chi connectivity index (χ1) is 11.4. The van der Waals surface area contributed by atoms with Crippen LogP contribution in [0.2, 0.25) is 0 Å². The van der Waals surface area contributed by atoms with Gasteiger partial charge in [-0.05, 0) is 54.2 Å². The fourth-order valence-corrected chi connectivity index (χ4v) is 6.07. The minimum absolute atomic E-state index is 0.108. The van der Waals surface area contributed by atoms with Crippen LogP contribution in [0.25, 0.3) is 0 Å². The van der Waals surface area contributed by atoms with E-state index in [9.17, 15) is 17.2 Å². The molecule has 3 rings (SSSR count). The Hall–Kier alpha value is -1.75. The van der Waals surface area contributed by atoms with Crippen molar-refractivity contribution in [2.24, 2.45) is 5.92 Å². The van der Waals surface area contributed by atoms with Gasteiger partial charge in [0.05, 0.1) is 0 Å². The minimum atomic E-state index is -3.59. The molecular formula is C19H20F2O2S. The van der Waals surface area contributed by atoms with E-state index in [0.29, 0.717) is 11.1 Å². The molecule has 1 saturated carbocycles. The number of rotatable bonds is 4. The molecule has 5 heteroatoms. The fraction of sp³-hybridized carbons (Fsp3) is 0.368. The molecule has 2 nitrogen and oxygen atoms in total. The fourth-order valence-electron chi connectivity index (χ4n) is 4.10. The lowest BCUT2D eigenvalue weighted by Gasteiger charge is -2.38. The summed E-state index contributed by atoms with van der Waals surface area (Å²) in [4.78, 5) is 0. The van der Waals surface area contributed by atoms with E-state index >= 15 is 0 Å². The summed E-state index contributed by atoms with van der Waals surface area (Å²) in [5, 5.41) is 0. The highest BCUT2D eigenvalue weighted by Gasteiger charge is 2.51. The second-order valence-electron chi connectivity index (χ2n) is 6.50. The summed E-state index contributed by atoms with van der Waals surface area (Å²) in [5.41, 5.74) is 1.09. The highest BCUT2D eigenvalue weighted by Crippen LogP contribution is 2.50. The van der Waals surface area contributed by atoms with Gasteiger partial charge >= 0.3 is 0 Å². The SMILES string of the molecule is CS(=O)(=O)C(c1ccc(F)cc1)(c1ccc(F)cc1)C1CCCC1. The molecular weight excluding hydrogens is 330 g/mol. The third-order valence-corrected chi connectivity index (χ3v) is 7.04. The predicted molar refractivity (Wildman–Crippen MR) is 90.4 cm³/mol. The van der Waals surface area contributed by atoms with E-state index in [1.54, 1.807) is 0 Å². The Morgan fingerprint density at radius 2 is 1.21 bits per heavy atom. The molecule has 0 atom stereocenters. The van der Waals surface area contributed by atoms with Crippen LogP contribution in [-0.2, 0) is 14.6 Å². The van der Waals surface area contributed by atoms with Gasteiger partial charge in [-0.2, -0.15) is 0 Å². The summed E-state index contributed by atoms with van der Waals surface area (Å²) in [7, 11) is -3.59. The van der Waals surface area contributed by atoms with E-state index in [-0.39, 0.29) is 5.92 Å². The van der Waals surface area contributed by atoms with Gasteiger partial charge in [-0.3, -0.25) is 0 Å². The van der Waals surface area contributed by atoms with Gasteiger partial charge in [-0.1, -0.05) is 37.1 Å². The summed E-state index contributed by atoms with van der Waals surface area (Å²) in [5.74, 6) is -0.929. The van der Waals surface area contributed by atoms with E-state index < -0.39 is 26.2 Å². The molecule has 0 heterocycles. The zero-order valence-corrected chi connectivity index (χ0v) is 14.3. The Bertz CT molecular complexity index is 760. The van der Waals surface area contributed by atoms with E-state index in [0.717, 1.165) is 25.7 Å². The average Bonchev–Trinajstić information content (AvgIpc) is 3.05. The molecule has 24 heavy (non-hydrogen) atoms. The maximum absolute atomic E-state index is 13.4. The lowest BCUT2D eigenvalue weighted by molar-refractivity contribution is 0.414. The van der Waals surface area contributed by atoms with Gasteiger partial charge in [-0.15, -0.1) is 0 Å². The smallest absolute Gasteiger partial charge is 0.161 e. The van der Waals surface area contributed by atoms with Gasteiger partial charge in [0.1, 0.15) is 16.4 Å². The molecule has 0 unspecified atom stereocenters. The predicted octanol–water partition coefficient (Wildman–Crippen LogP) is 4.44. The molecule has 0 bridgehead atoms. The molecule has 0 aromatic heterocycles. The third-order valence-electron chi connectivity index (χ3n) is 5.06. The molecule has 1 aliphatic carbocycles. The Morgan fingerprint density at radius 3 is 1.54 bits per heavy atom. The van der Waals surface area contributed by atoms with Crippen LogP contribution in [0.5, 0.6) is 0 Å². The largest absolute Gasteiger partial charge is 0.228 e. The number of halogens is 2. The van der Waals surface area contributed by atoms with Gasteiger partial charge in [0.2, 0.25) is 0 Å². The maximum atomic E-state index is 13.4. The van der Waals surface area contributed by atoms with E-state index in [2.05, 4.69) is 0 Å². The highest BCUT2D eigenvalue weighted by atomic mass is 32.2. The Kier molecular flexibility index (Phi) is 4.47. The summed E-state index contributed by atoms with van der Waals surface area (Å²) in [6.07, 6.45) is 4.70. The van der Waals surface area contributed by atoms with Crippen molar-refractivity contribution in [2.75, 3.05) is 6.26 Å². The first-order valence-corrected chi connectivity index (χ1v) is 9.96. The quantitative estimate of drug-likeness (QED) is 0.817. The normalized spacial score (nSPS) is 16.5. The summed E-state index contributed by atoms with van der Waals surface area (Å²) < 4.78 is 51.6. The van der Waals surface area contributed by atoms with Crippen molar-refractivity contribution < 1.29 is 17.2 Å². The number of benzene rings is 2. The van der Waals surface area contributed by atoms with Gasteiger partial charge in [-0.25, -0.2) is 17.2 Å². The standard InChI is InChI=1S/C19H20F2O2S/c1-24(22,23)19(14-4-2-3-5-14,15-6-10-17(20)11-7-15)16-8-12-18(21)13-9-16/h6-14H,2-5H2,1H3. The van der Waals surface area contributed by atoms with Crippen molar-refractivity contribution in [1.82, 2.24) is 0 Å². The van der Waals surface area contributed by atoms with Crippen LogP contribution in [-0.4, -0.2) is 14.7 Å². The third kappa shape index (κ3) is 2.75. The highest BCUT2D eigenvalue weighted by molar-refractivity contribution is 7.91. The lowest BCUT2D eigenvalue weighted by Crippen LogP contribution is -2.42. The second kappa shape index (κ2) is 6.28. The molecule has 0 amide bonds. The van der Waals surface area contributed by atoms with E-state index in [1.807, 2.05) is 0 Å². The van der Waals surface area contributed by atoms with Gasteiger partial charge < -0.3 is 0 Å². The molecule has 0 aliphatic heterocycles. The van der Waals surface area contributed by atoms with Crippen molar-refractivity contribution >= 4 is 9.84 Å². The number of sulfone groups is 1. The van der Waals surface area contributed by atoms with Crippen molar-refractivity contribution in [3.05, 3.63) is 71.3 Å². The molecule has 2 aromatic carbocycles. The average molecular weight is 350 g/mol. The van der Waals surface area contributed by atoms with Crippen LogP contribution in [0.4, 0.5) is 8.78 Å². The summed E-state index contributed by atoms with van der Waals surface area (Å²) >= 11 is 0. The van der Waals surface area contributed by atoms with E-state index in [4.69, 9.17) is 0 Å². The zero-order valence-electron chi connectivity index (χ0n) is 13.5. The molecule has 0 spiro atoms. The Labute approximate surface area is 141 Å². The van der Waals surface area contributed by atoms with Crippen LogP contribution >= 0.6 is 0 Å². The topological polar surface area (TPSA) is 34.1 Å². The molecule has 0 radical (unpaired) electrons. The lowest BCUT2D eigenvalue weighted by atomic mass is 9.78. The molecule has 2 aromatic rings. The summed E-state index contributed by atoms with van der Waals surface area (Å²) in [6.45, 7) is 0. The first-order valence-electron chi connectivity index (χ1n) is 8.07. The molecule has 1 aliphatic rings. The molecule has 1 fully saturated rings. The minimum Gasteiger partial charge on any atom is -0.228 e. The second-order valence-corrected chi connectivity index (χ2v) is 8.69. The van der Waals surface area contributed by atoms with Gasteiger partial charge in [0.15, 0.2) is 9.84 Å². The Balaban J connectivity index is 2.32. The first kappa shape index (κ1) is 17.1. The van der Waals surface area contributed by atoms with Crippen LogP contribution < -0.4 is 0 Å². The van der Waals surface area contributed by atoms with Crippen molar-refractivity contribution in [3.63, 3.8) is 0 Å². The van der Waals surface area contributed by atoms with Gasteiger partial charge in [0.25, 0.3) is 0 Å². The zero-order chi connectivity index (χ0) is 17.4. The molecule has 0 N–H and O–H groups in total. The van der Waals surface area contributed by atoms with Crippen LogP contribution in [0.3, 0.4) is 0 Å². The monoisotopic (exact) mass is 350 g/mol. The Morgan fingerprint density at radius 1 is 0.833 bits per heavy atom. The van der Waals surface area contributed by atoms with Crippen molar-refractivity contribution in [3.8, 4) is 0 Å². The maximum Gasteiger partial charge on any atom is 0.161 e. The van der Waals surface area contributed by atoms with E-state index in [1.165, 1.54) is 54.8 Å². The summed E-state index contributed by atoms with van der Waals surface area (Å²) in [6, 6.07) is 11.3. The van der Waals surface area contributed by atoms with Gasteiger partial charge in [0, 0.05) is 6.26 Å². The van der Waals surface area contributed by atoms with Crippen LogP contribution in [0.1, 0.15) is 36.8 Å². The molecule has 128 valence electrons. The van der Waals surface area contributed by atoms with Crippen molar-refractivity contribution in [1.29, 1.82) is 0 Å². The van der Waals surface area contributed by atoms with Crippen molar-refractivity contribution in [2.45, 2.75) is 30.4 Å². The number of hydrogen-bond acceptors (Lipinski definition) is 2. The van der Waals surface area contributed by atoms with Crippen LogP contribution in [0, 0.1) is 17.6 Å². The molecule has 0 saturated heterocycles. The van der Waals surface area contributed by atoms with Crippen LogP contribution in [0.15, 0.2) is 48.5 Å².